The van der Waals surface area contributed by atoms with Gasteiger partial charge in [0.2, 0.25) is 0 Å². The lowest BCUT2D eigenvalue weighted by atomic mass is 9.94. The molecule has 3 aromatic heterocycles. The maximum absolute atomic E-state index is 13.8. The Balaban J connectivity index is 1.20. The normalized spacial score (nSPS) is 15.2. The van der Waals surface area contributed by atoms with Crippen molar-refractivity contribution in [3.05, 3.63) is 70.9 Å². The number of piperidine rings is 1. The number of fused-ring (bicyclic) bond motifs is 1. The fourth-order valence-electron chi connectivity index (χ4n) is 4.39. The topological polar surface area (TPSA) is 69.8 Å². The number of thiazole rings is 1. The number of halogens is 1. The van der Waals surface area contributed by atoms with Crippen molar-refractivity contribution in [2.45, 2.75) is 25.3 Å². The van der Waals surface area contributed by atoms with E-state index in [4.69, 9.17) is 10.2 Å². The van der Waals surface area contributed by atoms with Gasteiger partial charge < -0.3 is 9.88 Å². The number of pyridine rings is 1. The van der Waals surface area contributed by atoms with Gasteiger partial charge in [-0.05, 0) is 61.8 Å². The fourth-order valence-corrected chi connectivity index (χ4v) is 5.20. The quantitative estimate of drug-likeness (QED) is 0.458. The van der Waals surface area contributed by atoms with Gasteiger partial charge in [-0.2, -0.15) is 5.26 Å². The molecule has 4 aromatic rings. The Bertz CT molecular complexity index is 1280. The summed E-state index contributed by atoms with van der Waals surface area (Å²) in [6, 6.07) is 10.6. The number of hydrogen-bond acceptors (Lipinski definition) is 6. The molecule has 0 unspecified atom stereocenters. The van der Waals surface area contributed by atoms with E-state index in [1.165, 1.54) is 11.6 Å². The third kappa shape index (κ3) is 4.22. The molecule has 32 heavy (non-hydrogen) atoms. The third-order valence-electron chi connectivity index (χ3n) is 6.09. The van der Waals surface area contributed by atoms with Crippen LogP contribution in [0.3, 0.4) is 0 Å². The summed E-state index contributed by atoms with van der Waals surface area (Å²) in [6.45, 7) is 2.83. The number of nitrogens with zero attached hydrogens (tertiary/aromatic N) is 5. The van der Waals surface area contributed by atoms with Crippen LogP contribution < -0.4 is 5.32 Å². The molecule has 1 aliphatic rings. The van der Waals surface area contributed by atoms with Gasteiger partial charge in [0, 0.05) is 42.0 Å². The van der Waals surface area contributed by atoms with E-state index in [1.807, 2.05) is 25.2 Å². The highest BCUT2D eigenvalue weighted by Gasteiger charge is 2.23. The van der Waals surface area contributed by atoms with Crippen molar-refractivity contribution in [1.82, 2.24) is 19.4 Å². The number of rotatable bonds is 5. The number of aromatic nitrogens is 3. The van der Waals surface area contributed by atoms with Gasteiger partial charge in [-0.3, -0.25) is 4.90 Å². The molecule has 1 N–H and O–H groups in total. The molecule has 1 fully saturated rings. The summed E-state index contributed by atoms with van der Waals surface area (Å²) in [7, 11) is 2.01. The van der Waals surface area contributed by atoms with E-state index >= 15 is 0 Å². The lowest BCUT2D eigenvalue weighted by Gasteiger charge is -2.31. The van der Waals surface area contributed by atoms with Gasteiger partial charge >= 0.3 is 0 Å². The molecule has 0 bridgehead atoms. The van der Waals surface area contributed by atoms with E-state index in [2.05, 4.69) is 31.3 Å². The average Bonchev–Trinajstić information content (AvgIpc) is 3.39. The van der Waals surface area contributed by atoms with Gasteiger partial charge in [0.25, 0.3) is 0 Å². The van der Waals surface area contributed by atoms with Crippen LogP contribution in [-0.2, 0) is 13.6 Å². The molecule has 162 valence electrons. The molecule has 0 radical (unpaired) electrons. The number of aryl methyl sites for hydroxylation is 1. The third-order valence-corrected chi connectivity index (χ3v) is 6.86. The van der Waals surface area contributed by atoms with Crippen LogP contribution in [0.5, 0.6) is 0 Å². The first-order valence-corrected chi connectivity index (χ1v) is 11.5. The van der Waals surface area contributed by atoms with Gasteiger partial charge in [0.05, 0.1) is 17.6 Å². The second kappa shape index (κ2) is 8.69. The second-order valence-corrected chi connectivity index (χ2v) is 9.08. The zero-order valence-electron chi connectivity index (χ0n) is 17.8. The molecule has 1 aliphatic heterocycles. The SMILES string of the molecule is Cn1cc(CN2CCC(c3csc(Nc4ccc(C#N)nc4)n3)CC2)c2cc(F)ccc21. The standard InChI is InChI=1S/C24H23FN6S/c1-30-13-17(21-10-18(25)2-5-23(21)30)14-31-8-6-16(7-9-31)22-15-32-24(29-22)28-20-4-3-19(11-26)27-12-20/h2-5,10,12-13,15-16H,6-9,14H2,1H3,(H,28,29). The minimum atomic E-state index is -0.187. The monoisotopic (exact) mass is 446 g/mol. The lowest BCUT2D eigenvalue weighted by molar-refractivity contribution is 0.204. The second-order valence-electron chi connectivity index (χ2n) is 8.22. The minimum Gasteiger partial charge on any atom is -0.350 e. The van der Waals surface area contributed by atoms with Crippen LogP contribution in [0.4, 0.5) is 15.2 Å². The first-order chi connectivity index (χ1) is 15.6. The first kappa shape index (κ1) is 20.6. The summed E-state index contributed by atoms with van der Waals surface area (Å²) in [6.07, 6.45) is 5.88. The highest BCUT2D eigenvalue weighted by Crippen LogP contribution is 2.32. The van der Waals surface area contributed by atoms with Crippen molar-refractivity contribution >= 4 is 33.1 Å². The number of hydrogen-bond donors (Lipinski definition) is 1. The average molecular weight is 447 g/mol. The molecule has 1 saturated heterocycles. The molecule has 1 aromatic carbocycles. The Morgan fingerprint density at radius 3 is 2.84 bits per heavy atom. The summed E-state index contributed by atoms with van der Waals surface area (Å²) in [5, 5.41) is 16.1. The summed E-state index contributed by atoms with van der Waals surface area (Å²) >= 11 is 1.59. The van der Waals surface area contributed by atoms with Crippen LogP contribution in [0.2, 0.25) is 0 Å². The maximum atomic E-state index is 13.8. The molecule has 5 rings (SSSR count). The Hall–Kier alpha value is -3.28. The van der Waals surface area contributed by atoms with E-state index < -0.39 is 0 Å². The maximum Gasteiger partial charge on any atom is 0.187 e. The van der Waals surface area contributed by atoms with Gasteiger partial charge in [0.15, 0.2) is 5.13 Å². The van der Waals surface area contributed by atoms with Crippen molar-refractivity contribution < 1.29 is 4.39 Å². The molecule has 6 nitrogen and oxygen atoms in total. The molecule has 0 amide bonds. The Morgan fingerprint density at radius 1 is 1.25 bits per heavy atom. The zero-order chi connectivity index (χ0) is 22.1. The summed E-state index contributed by atoms with van der Waals surface area (Å²) in [5.74, 6) is 0.260. The van der Waals surface area contributed by atoms with E-state index in [9.17, 15) is 4.39 Å². The van der Waals surface area contributed by atoms with Gasteiger partial charge in [-0.25, -0.2) is 14.4 Å². The van der Waals surface area contributed by atoms with E-state index in [0.29, 0.717) is 11.6 Å². The molecule has 8 heteroatoms. The van der Waals surface area contributed by atoms with Crippen LogP contribution in [0.25, 0.3) is 10.9 Å². The zero-order valence-corrected chi connectivity index (χ0v) is 18.6. The number of nitrogens with one attached hydrogen (secondary N) is 1. The molecule has 0 aliphatic carbocycles. The Morgan fingerprint density at radius 2 is 2.09 bits per heavy atom. The number of nitriles is 1. The Labute approximate surface area is 190 Å². The number of likely N-dealkylation sites (tertiary alicyclic amines) is 1. The van der Waals surface area contributed by atoms with Crippen molar-refractivity contribution in [3.63, 3.8) is 0 Å². The first-order valence-electron chi connectivity index (χ1n) is 10.6. The molecule has 0 atom stereocenters. The van der Waals surface area contributed by atoms with Crippen LogP contribution in [0.15, 0.2) is 48.1 Å². The molecule has 4 heterocycles. The summed E-state index contributed by atoms with van der Waals surface area (Å²) in [4.78, 5) is 11.3. The van der Waals surface area contributed by atoms with Crippen LogP contribution in [0.1, 0.15) is 35.7 Å². The fraction of sp³-hybridized carbons (Fsp3) is 0.292. The number of benzene rings is 1. The predicted octanol–water partition coefficient (Wildman–Crippen LogP) is 5.16. The van der Waals surface area contributed by atoms with Crippen molar-refractivity contribution in [2.75, 3.05) is 18.4 Å². The highest BCUT2D eigenvalue weighted by atomic mass is 32.1. The van der Waals surface area contributed by atoms with Crippen LogP contribution in [-0.4, -0.2) is 32.5 Å². The van der Waals surface area contributed by atoms with Gasteiger partial charge in [-0.15, -0.1) is 11.3 Å². The number of anilines is 2. The van der Waals surface area contributed by atoms with E-state index in [0.717, 1.165) is 59.9 Å². The van der Waals surface area contributed by atoms with E-state index in [1.54, 1.807) is 29.7 Å². The highest BCUT2D eigenvalue weighted by molar-refractivity contribution is 7.13. The molecular weight excluding hydrogens is 423 g/mol. The molecular formula is C24H23FN6S. The van der Waals surface area contributed by atoms with Gasteiger partial charge in [-0.1, -0.05) is 0 Å². The largest absolute Gasteiger partial charge is 0.350 e. The minimum absolute atomic E-state index is 0.187. The summed E-state index contributed by atoms with van der Waals surface area (Å²) < 4.78 is 15.8. The molecule has 0 saturated carbocycles. The van der Waals surface area contributed by atoms with Gasteiger partial charge in [0.1, 0.15) is 17.6 Å². The van der Waals surface area contributed by atoms with E-state index in [-0.39, 0.29) is 5.82 Å². The smallest absolute Gasteiger partial charge is 0.187 e. The van der Waals surface area contributed by atoms with Crippen molar-refractivity contribution in [3.8, 4) is 6.07 Å². The van der Waals surface area contributed by atoms with Crippen LogP contribution in [0, 0.1) is 17.1 Å². The van der Waals surface area contributed by atoms with Crippen molar-refractivity contribution in [1.29, 1.82) is 5.26 Å². The van der Waals surface area contributed by atoms with Crippen LogP contribution >= 0.6 is 11.3 Å². The summed E-state index contributed by atoms with van der Waals surface area (Å²) in [5.41, 5.74) is 4.60. The Kier molecular flexibility index (Phi) is 5.60. The molecule has 0 spiro atoms. The predicted molar refractivity (Wildman–Crippen MR) is 124 cm³/mol. The van der Waals surface area contributed by atoms with Crippen molar-refractivity contribution in [2.24, 2.45) is 7.05 Å². The lowest BCUT2D eigenvalue weighted by Crippen LogP contribution is -2.32.